The van der Waals surface area contributed by atoms with Crippen LogP contribution in [0.25, 0.3) is 0 Å². The molecule has 0 N–H and O–H groups in total. The Balaban J connectivity index is 4.34. The van der Waals surface area contributed by atoms with E-state index in [4.69, 9.17) is 14.2 Å². The molecule has 0 amide bonds. The van der Waals surface area contributed by atoms with Crippen LogP contribution in [0.15, 0.2) is 97.2 Å². The van der Waals surface area contributed by atoms with Gasteiger partial charge in [0.1, 0.15) is 13.2 Å². The molecule has 1 unspecified atom stereocenters. The predicted molar refractivity (Wildman–Crippen MR) is 357 cm³/mol. The van der Waals surface area contributed by atoms with E-state index in [0.717, 1.165) is 116 Å². The molecular weight excluding hydrogens is 1010 g/mol. The van der Waals surface area contributed by atoms with Gasteiger partial charge in [0.15, 0.2) is 6.10 Å². The van der Waals surface area contributed by atoms with E-state index in [1.165, 1.54) is 193 Å². The Kier molecular flexibility index (Phi) is 66.7. The number of carbonyl (C=O) groups is 3. The maximum absolute atomic E-state index is 13.0. The van der Waals surface area contributed by atoms with Crippen molar-refractivity contribution in [1.29, 1.82) is 0 Å². The number of hydrogen-bond acceptors (Lipinski definition) is 6. The van der Waals surface area contributed by atoms with E-state index in [1.54, 1.807) is 0 Å². The zero-order valence-corrected chi connectivity index (χ0v) is 54.2. The Morgan fingerprint density at radius 2 is 0.476 bits per heavy atom. The zero-order valence-electron chi connectivity index (χ0n) is 54.2. The van der Waals surface area contributed by atoms with Gasteiger partial charge in [0, 0.05) is 19.3 Å². The third-order valence-corrected chi connectivity index (χ3v) is 15.3. The summed E-state index contributed by atoms with van der Waals surface area (Å²) in [6.07, 6.45) is 94.2. The number of ether oxygens (including phenoxy) is 3. The fourth-order valence-electron chi connectivity index (χ4n) is 10.1. The fourth-order valence-corrected chi connectivity index (χ4v) is 10.1. The standard InChI is InChI=1S/C76H132O6/c1-4-7-10-13-16-19-22-25-28-30-32-34-35-36-37-38-39-40-41-42-44-45-48-51-54-57-60-63-66-69-75(78)81-72-73(71-80-74(77)68-65-62-59-56-53-50-47-27-24-21-18-15-12-9-6-3)82-76(79)70-67-64-61-58-55-52-49-46-43-33-31-29-26-23-20-17-14-11-8-5-2/h7,10,16,19,25,27-28,32,34,36-37,39-40,42,44,47,73H,4-6,8-9,11-15,17-18,20-24,26,29-31,33,35,38,41,43,45-46,48-72H2,1-3H3/b10-7-,19-16-,28-25-,34-32-,37-36-,40-39-,44-42-,47-27-. The molecule has 0 bridgehead atoms. The van der Waals surface area contributed by atoms with E-state index in [0.29, 0.717) is 19.3 Å². The molecule has 0 aromatic heterocycles. The van der Waals surface area contributed by atoms with E-state index in [9.17, 15) is 14.4 Å². The SMILES string of the molecule is CC/C=C\C/C=C\C/C=C\C/C=C\C/C=C\C/C=C\C/C=C\CCCCCCCCCC(=O)OCC(COC(=O)CCCCCCC/C=C\CCCCCCCC)OC(=O)CCCCCCCCCCCCCCCCCCCCCC. The molecule has 0 aliphatic rings. The highest BCUT2D eigenvalue weighted by molar-refractivity contribution is 5.71. The first kappa shape index (κ1) is 78.3. The Bertz CT molecular complexity index is 1590. The highest BCUT2D eigenvalue weighted by Crippen LogP contribution is 2.17. The van der Waals surface area contributed by atoms with Crippen LogP contribution in [0.3, 0.4) is 0 Å². The minimum absolute atomic E-state index is 0.0819. The van der Waals surface area contributed by atoms with Crippen LogP contribution in [0, 0.1) is 0 Å². The Morgan fingerprint density at radius 3 is 0.756 bits per heavy atom. The fraction of sp³-hybridized carbons (Fsp3) is 0.750. The van der Waals surface area contributed by atoms with Crippen molar-refractivity contribution in [3.05, 3.63) is 97.2 Å². The van der Waals surface area contributed by atoms with Crippen molar-refractivity contribution in [3.8, 4) is 0 Å². The molecule has 0 saturated heterocycles. The molecule has 6 nitrogen and oxygen atoms in total. The summed E-state index contributed by atoms with van der Waals surface area (Å²) in [6, 6.07) is 0. The van der Waals surface area contributed by atoms with E-state index in [-0.39, 0.29) is 31.1 Å². The number of unbranched alkanes of at least 4 members (excludes halogenated alkanes) is 37. The summed E-state index contributed by atoms with van der Waals surface area (Å²) < 4.78 is 17.0. The van der Waals surface area contributed by atoms with Crippen molar-refractivity contribution < 1.29 is 28.6 Å². The number of esters is 3. The van der Waals surface area contributed by atoms with Gasteiger partial charge in [-0.15, -0.1) is 0 Å². The van der Waals surface area contributed by atoms with Gasteiger partial charge in [-0.25, -0.2) is 0 Å². The van der Waals surface area contributed by atoms with E-state index in [2.05, 4.69) is 118 Å². The lowest BCUT2D eigenvalue weighted by Gasteiger charge is -2.18. The van der Waals surface area contributed by atoms with Gasteiger partial charge >= 0.3 is 17.9 Å². The van der Waals surface area contributed by atoms with E-state index in [1.807, 2.05) is 0 Å². The van der Waals surface area contributed by atoms with Gasteiger partial charge < -0.3 is 14.2 Å². The van der Waals surface area contributed by atoms with Gasteiger partial charge in [-0.2, -0.15) is 0 Å². The smallest absolute Gasteiger partial charge is 0.306 e. The van der Waals surface area contributed by atoms with Crippen LogP contribution in [-0.2, 0) is 28.6 Å². The highest BCUT2D eigenvalue weighted by atomic mass is 16.6. The quantitative estimate of drug-likeness (QED) is 0.0261. The number of hydrogen-bond donors (Lipinski definition) is 0. The van der Waals surface area contributed by atoms with Gasteiger partial charge in [0.2, 0.25) is 0 Å². The zero-order chi connectivity index (χ0) is 59.2. The molecule has 472 valence electrons. The molecule has 0 rings (SSSR count). The summed E-state index contributed by atoms with van der Waals surface area (Å²) in [6.45, 7) is 6.55. The molecule has 6 heteroatoms. The van der Waals surface area contributed by atoms with E-state index < -0.39 is 6.10 Å². The first-order valence-electron chi connectivity index (χ1n) is 35.2. The van der Waals surface area contributed by atoms with Crippen LogP contribution < -0.4 is 0 Å². The second-order valence-corrected chi connectivity index (χ2v) is 23.4. The molecule has 0 aromatic carbocycles. The monoisotopic (exact) mass is 1140 g/mol. The average molecular weight is 1140 g/mol. The van der Waals surface area contributed by atoms with Crippen molar-refractivity contribution >= 4 is 17.9 Å². The normalized spacial score (nSPS) is 12.7. The molecule has 0 radical (unpaired) electrons. The van der Waals surface area contributed by atoms with Crippen molar-refractivity contribution in [2.75, 3.05) is 13.2 Å². The lowest BCUT2D eigenvalue weighted by molar-refractivity contribution is -0.167. The van der Waals surface area contributed by atoms with Crippen LogP contribution in [0.2, 0.25) is 0 Å². The molecular formula is C76H132O6. The van der Waals surface area contributed by atoms with Crippen molar-refractivity contribution in [2.24, 2.45) is 0 Å². The Labute approximate surface area is 508 Å². The summed E-state index contributed by atoms with van der Waals surface area (Å²) in [5.41, 5.74) is 0. The summed E-state index contributed by atoms with van der Waals surface area (Å²) in [7, 11) is 0. The topological polar surface area (TPSA) is 78.9 Å². The number of carbonyl (C=O) groups excluding carboxylic acids is 3. The maximum Gasteiger partial charge on any atom is 0.306 e. The van der Waals surface area contributed by atoms with Crippen molar-refractivity contribution in [1.82, 2.24) is 0 Å². The molecule has 0 aromatic rings. The van der Waals surface area contributed by atoms with Gasteiger partial charge in [-0.3, -0.25) is 14.4 Å². The van der Waals surface area contributed by atoms with Crippen LogP contribution in [0.5, 0.6) is 0 Å². The van der Waals surface area contributed by atoms with Crippen LogP contribution in [0.1, 0.15) is 348 Å². The first-order chi connectivity index (χ1) is 40.5. The van der Waals surface area contributed by atoms with Crippen LogP contribution in [0.4, 0.5) is 0 Å². The van der Waals surface area contributed by atoms with Gasteiger partial charge in [0.05, 0.1) is 0 Å². The number of rotatable bonds is 64. The van der Waals surface area contributed by atoms with Gasteiger partial charge in [0.25, 0.3) is 0 Å². The Morgan fingerprint density at radius 1 is 0.256 bits per heavy atom. The second kappa shape index (κ2) is 69.8. The highest BCUT2D eigenvalue weighted by Gasteiger charge is 2.19. The molecule has 0 heterocycles. The van der Waals surface area contributed by atoms with Crippen molar-refractivity contribution in [2.45, 2.75) is 354 Å². The molecule has 0 fully saturated rings. The predicted octanol–water partition coefficient (Wildman–Crippen LogP) is 24.4. The molecule has 0 spiro atoms. The summed E-state index contributed by atoms with van der Waals surface area (Å²) in [5, 5.41) is 0. The lowest BCUT2D eigenvalue weighted by Crippen LogP contribution is -2.30. The van der Waals surface area contributed by atoms with Gasteiger partial charge in [-0.1, -0.05) is 323 Å². The minimum atomic E-state index is -0.786. The molecule has 0 saturated carbocycles. The summed E-state index contributed by atoms with van der Waals surface area (Å²) >= 11 is 0. The van der Waals surface area contributed by atoms with Crippen molar-refractivity contribution in [3.63, 3.8) is 0 Å². The third-order valence-electron chi connectivity index (χ3n) is 15.3. The Hall–Kier alpha value is -3.67. The largest absolute Gasteiger partial charge is 0.462 e. The van der Waals surface area contributed by atoms with Crippen LogP contribution >= 0.6 is 0 Å². The maximum atomic E-state index is 13.0. The average Bonchev–Trinajstić information content (AvgIpc) is 3.47. The molecule has 1 atom stereocenters. The lowest BCUT2D eigenvalue weighted by atomic mass is 10.0. The third kappa shape index (κ3) is 67.1. The van der Waals surface area contributed by atoms with Crippen LogP contribution in [-0.4, -0.2) is 37.2 Å². The summed E-state index contributed by atoms with van der Waals surface area (Å²) in [4.78, 5) is 38.4. The minimum Gasteiger partial charge on any atom is -0.462 e. The summed E-state index contributed by atoms with van der Waals surface area (Å²) in [5.74, 6) is -0.883. The number of allylic oxidation sites excluding steroid dienone is 16. The second-order valence-electron chi connectivity index (χ2n) is 23.4. The van der Waals surface area contributed by atoms with Gasteiger partial charge in [-0.05, 0) is 103 Å². The molecule has 0 aliphatic heterocycles. The molecule has 82 heavy (non-hydrogen) atoms. The first-order valence-corrected chi connectivity index (χ1v) is 35.2. The van der Waals surface area contributed by atoms with E-state index >= 15 is 0 Å². The molecule has 0 aliphatic carbocycles.